The van der Waals surface area contributed by atoms with Crippen molar-refractivity contribution in [3.05, 3.63) is 17.0 Å². The molecule has 0 saturated carbocycles. The number of hydrogen-bond donors (Lipinski definition) is 0. The molecule has 0 aliphatic carbocycles. The van der Waals surface area contributed by atoms with Gasteiger partial charge in [0.1, 0.15) is 0 Å². The number of ether oxygens (including phenoxy) is 1. The van der Waals surface area contributed by atoms with Crippen molar-refractivity contribution < 1.29 is 7.48 Å². The van der Waals surface area contributed by atoms with Crippen LogP contribution in [0, 0.1) is 0 Å². The average Bonchev–Trinajstić information content (AvgIpc) is 1.85. The molecule has 48 valence electrons. The first-order valence-electron chi connectivity index (χ1n) is 3.33. The molecule has 0 saturated heterocycles. The predicted molar refractivity (Wildman–Crippen MR) is 36.3 cm³/mol. The van der Waals surface area contributed by atoms with Crippen molar-refractivity contribution in [2.45, 2.75) is 0 Å². The Balaban J connectivity index is 2.71. The van der Waals surface area contributed by atoms with Gasteiger partial charge in [0.15, 0.2) is 4.73 Å². The molecule has 9 heavy (non-hydrogen) atoms. The summed E-state index contributed by atoms with van der Waals surface area (Å²) in [6, 6.07) is 1.49. The van der Waals surface area contributed by atoms with E-state index in [1.54, 1.807) is 0 Å². The van der Waals surface area contributed by atoms with E-state index in [0.29, 0.717) is 4.73 Å². The average molecular weight is 191 g/mol. The van der Waals surface area contributed by atoms with Gasteiger partial charge in [-0.05, 0) is 15.9 Å². The van der Waals surface area contributed by atoms with Crippen molar-refractivity contribution in [3.8, 4) is 5.88 Å². The van der Waals surface area contributed by atoms with E-state index in [1.165, 1.54) is 12.3 Å². The number of rotatable bonds is 1. The van der Waals surface area contributed by atoms with Crippen molar-refractivity contribution in [2.24, 2.45) is 0 Å². The van der Waals surface area contributed by atoms with Crippen molar-refractivity contribution >= 4 is 15.9 Å². The van der Waals surface area contributed by atoms with E-state index in [-0.39, 0.29) is 5.88 Å². The third-order valence-corrected chi connectivity index (χ3v) is 1.10. The van der Waals surface area contributed by atoms with E-state index >= 15 is 0 Å². The molecule has 0 fully saturated rings. The molecular formula is C5H5BrN2O. The molecule has 0 aromatic carbocycles. The Morgan fingerprint density at radius 3 is 3.44 bits per heavy atom. The molecule has 0 aliphatic rings. The molecular weight excluding hydrogens is 184 g/mol. The summed E-state index contributed by atoms with van der Waals surface area (Å²) >= 11 is 3.03. The van der Waals surface area contributed by atoms with Gasteiger partial charge in [0.2, 0.25) is 5.88 Å². The third-order valence-electron chi connectivity index (χ3n) is 0.721. The topological polar surface area (TPSA) is 35.0 Å². The molecule has 0 unspecified atom stereocenters. The Labute approximate surface area is 64.0 Å². The van der Waals surface area contributed by atoms with Crippen LogP contribution >= 0.6 is 15.9 Å². The lowest BCUT2D eigenvalue weighted by Crippen LogP contribution is -1.88. The number of nitrogens with zero attached hydrogens (tertiary/aromatic N) is 2. The van der Waals surface area contributed by atoms with E-state index in [0.717, 1.165) is 0 Å². The molecule has 1 rings (SSSR count). The third kappa shape index (κ3) is 1.64. The van der Waals surface area contributed by atoms with E-state index in [9.17, 15) is 0 Å². The van der Waals surface area contributed by atoms with Gasteiger partial charge in [0.25, 0.3) is 0 Å². The monoisotopic (exact) mass is 190 g/mol. The Morgan fingerprint density at radius 2 is 2.78 bits per heavy atom. The molecule has 0 radical (unpaired) electrons. The zero-order valence-electron chi connectivity index (χ0n) is 6.41. The minimum Gasteiger partial charge on any atom is -0.481 e. The van der Waals surface area contributed by atoms with Crippen molar-refractivity contribution in [1.82, 2.24) is 9.97 Å². The fraction of sp³-hybridized carbons (Fsp3) is 0.200. The number of aromatic nitrogens is 2. The minimum atomic E-state index is -1.35. The maximum Gasteiger partial charge on any atom is 0.216 e. The van der Waals surface area contributed by atoms with Crippen LogP contribution in [-0.2, 0) is 0 Å². The van der Waals surface area contributed by atoms with Gasteiger partial charge in [0.05, 0.1) is 9.80 Å². The van der Waals surface area contributed by atoms with Crippen LogP contribution in [0.1, 0.15) is 2.74 Å². The lowest BCUT2D eigenvalue weighted by atomic mass is 10.6. The van der Waals surface area contributed by atoms with Gasteiger partial charge in [-0.25, -0.2) is 4.98 Å². The zero-order valence-corrected chi connectivity index (χ0v) is 6.00. The normalized spacial score (nSPS) is 12.7. The summed E-state index contributed by atoms with van der Waals surface area (Å²) < 4.78 is 18.5. The summed E-state index contributed by atoms with van der Waals surface area (Å²) in [5.74, 6) is 0.224. The van der Waals surface area contributed by atoms with Crippen molar-refractivity contribution in [1.29, 1.82) is 0 Å². The van der Waals surface area contributed by atoms with E-state index in [2.05, 4.69) is 30.6 Å². The molecule has 0 amide bonds. The van der Waals surface area contributed by atoms with Gasteiger partial charge in [-0.15, -0.1) is 0 Å². The van der Waals surface area contributed by atoms with Gasteiger partial charge in [-0.3, -0.25) is 0 Å². The van der Waals surface area contributed by atoms with E-state index in [1.807, 2.05) is 0 Å². The fourth-order valence-corrected chi connectivity index (χ4v) is 0.678. The summed E-state index contributed by atoms with van der Waals surface area (Å²) in [6.07, 6.45) is 1.48. The molecule has 0 N–H and O–H groups in total. The van der Waals surface area contributed by atoms with Crippen molar-refractivity contribution in [2.75, 3.05) is 7.06 Å². The van der Waals surface area contributed by atoms with E-state index < -0.39 is 7.06 Å². The quantitative estimate of drug-likeness (QED) is 0.626. The van der Waals surface area contributed by atoms with Crippen LogP contribution in [0.15, 0.2) is 17.0 Å². The highest BCUT2D eigenvalue weighted by Gasteiger charge is 1.91. The Morgan fingerprint density at radius 1 is 1.89 bits per heavy atom. The summed E-state index contributed by atoms with van der Waals surface area (Å²) in [6.45, 7) is 0. The highest BCUT2D eigenvalue weighted by Crippen LogP contribution is 2.07. The molecule has 1 aromatic rings. The largest absolute Gasteiger partial charge is 0.481 e. The second kappa shape index (κ2) is 2.77. The maximum atomic E-state index is 6.75. The lowest BCUT2D eigenvalue weighted by molar-refractivity contribution is 0.395. The molecule has 1 heterocycles. The Kier molecular flexibility index (Phi) is 1.30. The molecule has 1 aromatic heterocycles. The smallest absolute Gasteiger partial charge is 0.216 e. The number of halogens is 1. The minimum absolute atomic E-state index is 0.224. The first kappa shape index (κ1) is 4.22. The standard InChI is InChI=1S/C5H5BrN2O/c1-9-4-2-3-7-5(6)8-4/h2-3H,1H3/i1D2. The Hall–Kier alpha value is -0.640. The molecule has 0 spiro atoms. The zero-order chi connectivity index (χ0) is 8.27. The van der Waals surface area contributed by atoms with Gasteiger partial charge < -0.3 is 4.74 Å². The summed E-state index contributed by atoms with van der Waals surface area (Å²) in [5, 5.41) is 0. The first-order chi connectivity index (χ1) is 5.18. The summed E-state index contributed by atoms with van der Waals surface area (Å²) in [4.78, 5) is 7.51. The van der Waals surface area contributed by atoms with Crippen LogP contribution < -0.4 is 4.74 Å². The fourth-order valence-electron chi connectivity index (χ4n) is 0.385. The molecule has 3 nitrogen and oxygen atoms in total. The van der Waals surface area contributed by atoms with Crippen LogP contribution in [0.3, 0.4) is 0 Å². The highest BCUT2D eigenvalue weighted by atomic mass is 79.9. The number of methoxy groups -OCH3 is 1. The Bertz CT molecular complexity index is 246. The van der Waals surface area contributed by atoms with Crippen LogP contribution in [0.4, 0.5) is 0 Å². The van der Waals surface area contributed by atoms with E-state index in [4.69, 9.17) is 2.74 Å². The second-order valence-electron chi connectivity index (χ2n) is 1.28. The highest BCUT2D eigenvalue weighted by molar-refractivity contribution is 9.10. The van der Waals surface area contributed by atoms with Gasteiger partial charge in [0, 0.05) is 12.3 Å². The van der Waals surface area contributed by atoms with Crippen LogP contribution in [0.25, 0.3) is 0 Å². The lowest BCUT2D eigenvalue weighted by Gasteiger charge is -1.94. The van der Waals surface area contributed by atoms with Crippen LogP contribution in [0.2, 0.25) is 0 Å². The molecule has 0 aliphatic heterocycles. The summed E-state index contributed by atoms with van der Waals surface area (Å²) in [7, 11) is -1.35. The maximum absolute atomic E-state index is 6.75. The second-order valence-corrected chi connectivity index (χ2v) is 1.99. The molecule has 0 atom stereocenters. The predicted octanol–water partition coefficient (Wildman–Crippen LogP) is 1.25. The van der Waals surface area contributed by atoms with Gasteiger partial charge in [-0.2, -0.15) is 4.98 Å². The molecule has 4 heteroatoms. The summed E-state index contributed by atoms with van der Waals surface area (Å²) in [5.41, 5.74) is 0. The van der Waals surface area contributed by atoms with Crippen LogP contribution in [0.5, 0.6) is 5.88 Å². The first-order valence-corrected chi connectivity index (χ1v) is 2.97. The van der Waals surface area contributed by atoms with Gasteiger partial charge in [-0.1, -0.05) is 0 Å². The van der Waals surface area contributed by atoms with Crippen LogP contribution in [-0.4, -0.2) is 17.0 Å². The van der Waals surface area contributed by atoms with Crippen molar-refractivity contribution in [3.63, 3.8) is 0 Å². The SMILES string of the molecule is [2H]C([2H])Oc1ccnc(Br)n1. The van der Waals surface area contributed by atoms with Gasteiger partial charge >= 0.3 is 0 Å². The molecule has 0 bridgehead atoms. The number of hydrogen-bond acceptors (Lipinski definition) is 3.